The normalized spacial score (nSPS) is 26.4. The maximum Gasteiger partial charge on any atom is 0.150 e. The van der Waals surface area contributed by atoms with Gasteiger partial charge in [0.05, 0.1) is 13.2 Å². The van der Waals surface area contributed by atoms with E-state index in [1.807, 2.05) is 31.2 Å². The molecular formula is C11H14O3. The van der Waals surface area contributed by atoms with Crippen LogP contribution < -0.4 is 4.74 Å². The Labute approximate surface area is 83.3 Å². The van der Waals surface area contributed by atoms with Crippen molar-refractivity contribution in [3.8, 4) is 5.75 Å². The van der Waals surface area contributed by atoms with Gasteiger partial charge in [-0.1, -0.05) is 17.7 Å². The first kappa shape index (κ1) is 9.49. The summed E-state index contributed by atoms with van der Waals surface area (Å²) in [5.74, 6) is 0.783. The maximum atomic E-state index is 9.45. The van der Waals surface area contributed by atoms with Crippen LogP contribution in [0.3, 0.4) is 0 Å². The Morgan fingerprint density at radius 1 is 1.29 bits per heavy atom. The van der Waals surface area contributed by atoms with Crippen molar-refractivity contribution in [3.63, 3.8) is 0 Å². The smallest absolute Gasteiger partial charge is 0.150 e. The molecule has 14 heavy (non-hydrogen) atoms. The number of aliphatic hydroxyl groups excluding tert-OH is 1. The van der Waals surface area contributed by atoms with E-state index in [-0.39, 0.29) is 6.10 Å². The molecule has 76 valence electrons. The van der Waals surface area contributed by atoms with Gasteiger partial charge in [-0.2, -0.15) is 0 Å². The molecule has 0 bridgehead atoms. The van der Waals surface area contributed by atoms with Crippen LogP contribution in [0, 0.1) is 6.92 Å². The zero-order valence-electron chi connectivity index (χ0n) is 8.14. The van der Waals surface area contributed by atoms with Crippen molar-refractivity contribution in [2.45, 2.75) is 19.1 Å². The summed E-state index contributed by atoms with van der Waals surface area (Å²) < 4.78 is 10.7. The first-order valence-corrected chi connectivity index (χ1v) is 4.75. The standard InChI is InChI=1S/C11H14O3/c1-8-2-4-9(5-3-8)14-11-7-13-6-10(11)12/h2-5,10-12H,6-7H2,1H3/t10-,11-/m0/s1. The molecule has 2 atom stereocenters. The molecule has 1 fully saturated rings. The third-order valence-corrected chi connectivity index (χ3v) is 2.31. The topological polar surface area (TPSA) is 38.7 Å². The molecule has 1 heterocycles. The highest BCUT2D eigenvalue weighted by Gasteiger charge is 2.27. The molecule has 3 heteroatoms. The fraction of sp³-hybridized carbons (Fsp3) is 0.455. The minimum atomic E-state index is -0.503. The van der Waals surface area contributed by atoms with Crippen molar-refractivity contribution < 1.29 is 14.6 Å². The molecule has 3 nitrogen and oxygen atoms in total. The fourth-order valence-corrected chi connectivity index (χ4v) is 1.43. The number of rotatable bonds is 2. The summed E-state index contributed by atoms with van der Waals surface area (Å²) in [5.41, 5.74) is 1.19. The summed E-state index contributed by atoms with van der Waals surface area (Å²) in [6.07, 6.45) is -0.728. The van der Waals surface area contributed by atoms with Gasteiger partial charge in [0.1, 0.15) is 18.0 Å². The van der Waals surface area contributed by atoms with Crippen LogP contribution in [0.25, 0.3) is 0 Å². The monoisotopic (exact) mass is 194 g/mol. The van der Waals surface area contributed by atoms with E-state index in [0.29, 0.717) is 13.2 Å². The van der Waals surface area contributed by atoms with Crippen LogP contribution in [-0.2, 0) is 4.74 Å². The van der Waals surface area contributed by atoms with Crippen LogP contribution in [0.4, 0.5) is 0 Å². The predicted octanol–water partition coefficient (Wildman–Crippen LogP) is 1.13. The zero-order valence-corrected chi connectivity index (χ0v) is 8.14. The maximum absolute atomic E-state index is 9.45. The van der Waals surface area contributed by atoms with Gasteiger partial charge in [0.15, 0.2) is 0 Å². The first-order valence-electron chi connectivity index (χ1n) is 4.75. The van der Waals surface area contributed by atoms with Gasteiger partial charge in [0, 0.05) is 0 Å². The summed E-state index contributed by atoms with van der Waals surface area (Å²) in [7, 11) is 0. The van der Waals surface area contributed by atoms with Crippen LogP contribution >= 0.6 is 0 Å². The second kappa shape index (κ2) is 3.98. The van der Waals surface area contributed by atoms with Crippen LogP contribution in [0.5, 0.6) is 5.75 Å². The predicted molar refractivity (Wildman–Crippen MR) is 52.4 cm³/mol. The Morgan fingerprint density at radius 3 is 2.57 bits per heavy atom. The lowest BCUT2D eigenvalue weighted by Gasteiger charge is -2.15. The Morgan fingerprint density at radius 2 is 2.00 bits per heavy atom. The van der Waals surface area contributed by atoms with Crippen molar-refractivity contribution >= 4 is 0 Å². The van der Waals surface area contributed by atoms with Crippen LogP contribution in [0.2, 0.25) is 0 Å². The summed E-state index contributed by atoms with van der Waals surface area (Å²) in [5, 5.41) is 9.45. The summed E-state index contributed by atoms with van der Waals surface area (Å²) in [6.45, 7) is 2.86. The van der Waals surface area contributed by atoms with E-state index in [0.717, 1.165) is 5.75 Å². The van der Waals surface area contributed by atoms with E-state index < -0.39 is 6.10 Å². The van der Waals surface area contributed by atoms with Crippen LogP contribution in [0.15, 0.2) is 24.3 Å². The van der Waals surface area contributed by atoms with Crippen LogP contribution in [0.1, 0.15) is 5.56 Å². The summed E-state index contributed by atoms with van der Waals surface area (Å²) in [4.78, 5) is 0. The Kier molecular flexibility index (Phi) is 2.70. The van der Waals surface area contributed by atoms with Crippen molar-refractivity contribution in [1.82, 2.24) is 0 Å². The SMILES string of the molecule is Cc1ccc(O[C@H]2COC[C@@H]2O)cc1. The third kappa shape index (κ3) is 2.05. The number of aryl methyl sites for hydroxylation is 1. The highest BCUT2D eigenvalue weighted by atomic mass is 16.6. The molecule has 0 aromatic heterocycles. The second-order valence-electron chi connectivity index (χ2n) is 3.57. The van der Waals surface area contributed by atoms with E-state index in [4.69, 9.17) is 9.47 Å². The molecule has 0 amide bonds. The molecule has 0 spiro atoms. The summed E-state index contributed by atoms with van der Waals surface area (Å²) >= 11 is 0. The van der Waals surface area contributed by atoms with Crippen molar-refractivity contribution in [2.75, 3.05) is 13.2 Å². The molecule has 1 N–H and O–H groups in total. The van der Waals surface area contributed by atoms with Gasteiger partial charge in [0.2, 0.25) is 0 Å². The molecule has 0 saturated carbocycles. The molecule has 1 aliphatic heterocycles. The number of ether oxygens (including phenoxy) is 2. The Bertz CT molecular complexity index is 294. The number of aliphatic hydroxyl groups is 1. The van der Waals surface area contributed by atoms with E-state index >= 15 is 0 Å². The van der Waals surface area contributed by atoms with Gasteiger partial charge in [-0.15, -0.1) is 0 Å². The van der Waals surface area contributed by atoms with Gasteiger partial charge in [-0.05, 0) is 19.1 Å². The van der Waals surface area contributed by atoms with Crippen molar-refractivity contribution in [3.05, 3.63) is 29.8 Å². The van der Waals surface area contributed by atoms with E-state index in [1.165, 1.54) is 5.56 Å². The molecule has 1 aromatic carbocycles. The zero-order chi connectivity index (χ0) is 9.97. The molecular weight excluding hydrogens is 180 g/mol. The lowest BCUT2D eigenvalue weighted by molar-refractivity contribution is 0.0733. The third-order valence-electron chi connectivity index (χ3n) is 2.31. The quantitative estimate of drug-likeness (QED) is 0.767. The van der Waals surface area contributed by atoms with Gasteiger partial charge in [0.25, 0.3) is 0 Å². The lowest BCUT2D eigenvalue weighted by atomic mass is 10.2. The van der Waals surface area contributed by atoms with Gasteiger partial charge >= 0.3 is 0 Å². The minimum absolute atomic E-state index is 0.224. The van der Waals surface area contributed by atoms with E-state index in [1.54, 1.807) is 0 Å². The first-order chi connectivity index (χ1) is 6.75. The van der Waals surface area contributed by atoms with Gasteiger partial charge in [-0.25, -0.2) is 0 Å². The number of hydrogen-bond donors (Lipinski definition) is 1. The average molecular weight is 194 g/mol. The fourth-order valence-electron chi connectivity index (χ4n) is 1.43. The average Bonchev–Trinajstić information content (AvgIpc) is 2.56. The van der Waals surface area contributed by atoms with Crippen molar-refractivity contribution in [1.29, 1.82) is 0 Å². The second-order valence-corrected chi connectivity index (χ2v) is 3.57. The number of benzene rings is 1. The van der Waals surface area contributed by atoms with E-state index in [9.17, 15) is 5.11 Å². The largest absolute Gasteiger partial charge is 0.485 e. The molecule has 1 aromatic rings. The van der Waals surface area contributed by atoms with Crippen molar-refractivity contribution in [2.24, 2.45) is 0 Å². The van der Waals surface area contributed by atoms with Crippen LogP contribution in [-0.4, -0.2) is 30.5 Å². The highest BCUT2D eigenvalue weighted by Crippen LogP contribution is 2.17. The summed E-state index contributed by atoms with van der Waals surface area (Å²) in [6, 6.07) is 7.77. The molecule has 2 rings (SSSR count). The number of hydrogen-bond acceptors (Lipinski definition) is 3. The lowest BCUT2D eigenvalue weighted by Crippen LogP contribution is -2.29. The molecule has 0 radical (unpaired) electrons. The molecule has 1 aliphatic rings. The molecule has 1 saturated heterocycles. The van der Waals surface area contributed by atoms with E-state index in [2.05, 4.69) is 0 Å². The Balaban J connectivity index is 2.00. The highest BCUT2D eigenvalue weighted by molar-refractivity contribution is 5.26. The Hall–Kier alpha value is -1.06. The molecule has 0 unspecified atom stereocenters. The van der Waals surface area contributed by atoms with Gasteiger partial charge < -0.3 is 14.6 Å². The molecule has 0 aliphatic carbocycles. The van der Waals surface area contributed by atoms with Gasteiger partial charge in [-0.3, -0.25) is 0 Å². The minimum Gasteiger partial charge on any atom is -0.485 e.